The molecule has 0 spiro atoms. The van der Waals surface area contributed by atoms with Gasteiger partial charge < -0.3 is 14.4 Å². The van der Waals surface area contributed by atoms with Crippen molar-refractivity contribution in [1.29, 1.82) is 0 Å². The number of amides is 1. The van der Waals surface area contributed by atoms with Crippen LogP contribution in [0, 0.1) is 0 Å². The minimum atomic E-state index is 0. The third-order valence-electron chi connectivity index (χ3n) is 6.76. The average molecular weight is 545 g/mol. The molecule has 0 saturated carbocycles. The van der Waals surface area contributed by atoms with Crippen molar-refractivity contribution in [2.45, 2.75) is 6.54 Å². The summed E-state index contributed by atoms with van der Waals surface area (Å²) in [5, 5.41) is 4.86. The van der Waals surface area contributed by atoms with Crippen molar-refractivity contribution in [3.63, 3.8) is 0 Å². The lowest BCUT2D eigenvalue weighted by Gasteiger charge is -2.34. The fraction of sp³-hybridized carbons (Fsp3) is 0.226. The van der Waals surface area contributed by atoms with Gasteiger partial charge in [-0.25, -0.2) is 4.68 Å². The molecule has 1 aliphatic heterocycles. The second kappa shape index (κ2) is 13.1. The summed E-state index contributed by atoms with van der Waals surface area (Å²) < 4.78 is 12.7. The third kappa shape index (κ3) is 6.69. The Bertz CT molecular complexity index is 1400. The molecule has 5 rings (SSSR count). The van der Waals surface area contributed by atoms with Crippen LogP contribution in [0.5, 0.6) is 11.5 Å². The lowest BCUT2D eigenvalue weighted by Crippen LogP contribution is -2.47. The lowest BCUT2D eigenvalue weighted by atomic mass is 10.1. The molecule has 1 aliphatic rings. The minimum absolute atomic E-state index is 0. The van der Waals surface area contributed by atoms with Crippen LogP contribution < -0.4 is 9.47 Å². The largest absolute Gasteiger partial charge is 0.493 e. The number of nitrogens with zero attached hydrogens (tertiary/aromatic N) is 4. The number of methoxy groups -OCH3 is 2. The van der Waals surface area contributed by atoms with E-state index in [2.05, 4.69) is 29.2 Å². The van der Waals surface area contributed by atoms with Gasteiger partial charge in [0, 0.05) is 56.1 Å². The van der Waals surface area contributed by atoms with E-state index in [1.165, 1.54) is 5.56 Å². The average Bonchev–Trinajstić information content (AvgIpc) is 3.41. The first kappa shape index (κ1) is 28.0. The maximum Gasteiger partial charge on any atom is 0.246 e. The van der Waals surface area contributed by atoms with Crippen LogP contribution in [0.1, 0.15) is 11.1 Å². The third-order valence-corrected chi connectivity index (χ3v) is 6.76. The Labute approximate surface area is 235 Å². The van der Waals surface area contributed by atoms with Gasteiger partial charge in [-0.15, -0.1) is 12.4 Å². The molecule has 39 heavy (non-hydrogen) atoms. The predicted molar refractivity (Wildman–Crippen MR) is 157 cm³/mol. The number of ether oxygens (including phenoxy) is 2. The van der Waals surface area contributed by atoms with E-state index >= 15 is 0 Å². The number of carbonyl (C=O) groups is 1. The monoisotopic (exact) mass is 544 g/mol. The van der Waals surface area contributed by atoms with Crippen LogP contribution in [0.15, 0.2) is 91.1 Å². The molecule has 0 unspecified atom stereocenters. The van der Waals surface area contributed by atoms with Crippen LogP contribution in [-0.4, -0.2) is 65.9 Å². The van der Waals surface area contributed by atoms with E-state index in [1.54, 1.807) is 20.3 Å². The molecule has 3 aromatic carbocycles. The number of hydrogen-bond acceptors (Lipinski definition) is 5. The molecule has 0 N–H and O–H groups in total. The molecule has 202 valence electrons. The molecule has 0 aliphatic carbocycles. The summed E-state index contributed by atoms with van der Waals surface area (Å²) in [6.07, 6.45) is 5.46. The van der Waals surface area contributed by atoms with E-state index in [0.717, 1.165) is 42.1 Å². The first-order valence-electron chi connectivity index (χ1n) is 12.8. The Morgan fingerprint density at radius 1 is 0.872 bits per heavy atom. The zero-order valence-corrected chi connectivity index (χ0v) is 23.0. The Kier molecular flexibility index (Phi) is 9.41. The Balaban J connectivity index is 0.00000353. The Morgan fingerprint density at radius 2 is 1.54 bits per heavy atom. The maximum absolute atomic E-state index is 13.1. The second-order valence-corrected chi connectivity index (χ2v) is 9.20. The zero-order chi connectivity index (χ0) is 26.3. The van der Waals surface area contributed by atoms with E-state index in [4.69, 9.17) is 14.6 Å². The van der Waals surface area contributed by atoms with Gasteiger partial charge in [-0.2, -0.15) is 5.10 Å². The van der Waals surface area contributed by atoms with Gasteiger partial charge in [0.1, 0.15) is 5.69 Å². The van der Waals surface area contributed by atoms with Crippen molar-refractivity contribution in [1.82, 2.24) is 19.6 Å². The summed E-state index contributed by atoms with van der Waals surface area (Å²) in [4.78, 5) is 17.4. The number of para-hydroxylation sites is 1. The van der Waals surface area contributed by atoms with Crippen LogP contribution in [0.3, 0.4) is 0 Å². The SMILES string of the molecule is COc1ccc(-c2nn(-c3ccccc3)cc2C=CC(=O)N2CCN(Cc3ccccc3)CC2)cc1OC.Cl. The summed E-state index contributed by atoms with van der Waals surface area (Å²) >= 11 is 0. The molecule has 0 bridgehead atoms. The van der Waals surface area contributed by atoms with E-state index in [-0.39, 0.29) is 18.3 Å². The molecule has 1 aromatic heterocycles. The first-order chi connectivity index (χ1) is 18.6. The number of aromatic nitrogens is 2. The molecule has 8 heteroatoms. The highest BCUT2D eigenvalue weighted by Crippen LogP contribution is 2.33. The van der Waals surface area contributed by atoms with E-state index in [0.29, 0.717) is 24.6 Å². The standard InChI is InChI=1S/C31H32N4O3.ClH/c1-37-28-15-13-25(21-29(28)38-2)31-26(23-35(32-31)27-11-7-4-8-12-27)14-16-30(36)34-19-17-33(18-20-34)22-24-9-5-3-6-10-24;/h3-16,21,23H,17-20,22H2,1-2H3;1H. The molecule has 0 atom stereocenters. The van der Waals surface area contributed by atoms with E-state index < -0.39 is 0 Å². The van der Waals surface area contributed by atoms with E-state index in [9.17, 15) is 4.79 Å². The summed E-state index contributed by atoms with van der Waals surface area (Å²) in [6.45, 7) is 4.05. The number of carbonyl (C=O) groups excluding carboxylic acids is 1. The fourth-order valence-corrected chi connectivity index (χ4v) is 4.66. The van der Waals surface area contributed by atoms with Crippen LogP contribution in [0.4, 0.5) is 0 Å². The van der Waals surface area contributed by atoms with Gasteiger partial charge in [0.15, 0.2) is 11.5 Å². The summed E-state index contributed by atoms with van der Waals surface area (Å²) in [6, 6.07) is 26.1. The summed E-state index contributed by atoms with van der Waals surface area (Å²) in [5.74, 6) is 1.28. The fourth-order valence-electron chi connectivity index (χ4n) is 4.66. The highest BCUT2D eigenvalue weighted by atomic mass is 35.5. The molecule has 1 fully saturated rings. The van der Waals surface area contributed by atoms with Crippen LogP contribution >= 0.6 is 12.4 Å². The molecule has 7 nitrogen and oxygen atoms in total. The molecule has 1 saturated heterocycles. The summed E-state index contributed by atoms with van der Waals surface area (Å²) in [7, 11) is 3.23. The Hall–Kier alpha value is -4.07. The highest BCUT2D eigenvalue weighted by Gasteiger charge is 2.20. The second-order valence-electron chi connectivity index (χ2n) is 9.20. The molecule has 0 radical (unpaired) electrons. The van der Waals surface area contributed by atoms with Gasteiger partial charge in [0.25, 0.3) is 0 Å². The highest BCUT2D eigenvalue weighted by molar-refractivity contribution is 5.93. The predicted octanol–water partition coefficient (Wildman–Crippen LogP) is 5.34. The lowest BCUT2D eigenvalue weighted by molar-refractivity contribution is -0.127. The van der Waals surface area contributed by atoms with E-state index in [1.807, 2.05) is 76.5 Å². The Morgan fingerprint density at radius 3 is 2.21 bits per heavy atom. The van der Waals surface area contributed by atoms with Gasteiger partial charge >= 0.3 is 0 Å². The quantitative estimate of drug-likeness (QED) is 0.280. The zero-order valence-electron chi connectivity index (χ0n) is 22.2. The molecule has 1 amide bonds. The van der Waals surface area contributed by atoms with Crippen LogP contribution in [-0.2, 0) is 11.3 Å². The van der Waals surface area contributed by atoms with Gasteiger partial charge in [-0.05, 0) is 42.0 Å². The van der Waals surface area contributed by atoms with Gasteiger partial charge in [-0.3, -0.25) is 9.69 Å². The van der Waals surface area contributed by atoms with Crippen molar-refractivity contribution < 1.29 is 14.3 Å². The number of benzene rings is 3. The first-order valence-corrected chi connectivity index (χ1v) is 12.8. The van der Waals surface area contributed by atoms with Gasteiger partial charge in [0.05, 0.1) is 19.9 Å². The summed E-state index contributed by atoms with van der Waals surface area (Å²) in [5.41, 5.74) is 4.71. The topological polar surface area (TPSA) is 59.8 Å². The van der Waals surface area contributed by atoms with Crippen molar-refractivity contribution in [3.05, 3.63) is 102 Å². The number of piperazine rings is 1. The van der Waals surface area contributed by atoms with Crippen LogP contribution in [0.25, 0.3) is 23.0 Å². The van der Waals surface area contributed by atoms with Crippen molar-refractivity contribution in [3.8, 4) is 28.4 Å². The normalized spacial score (nSPS) is 13.7. The molecular formula is C31H33ClN4O3. The smallest absolute Gasteiger partial charge is 0.246 e. The number of rotatable bonds is 8. The molecule has 2 heterocycles. The minimum Gasteiger partial charge on any atom is -0.493 e. The molecule has 4 aromatic rings. The molecular weight excluding hydrogens is 512 g/mol. The van der Waals surface area contributed by atoms with Crippen LogP contribution in [0.2, 0.25) is 0 Å². The van der Waals surface area contributed by atoms with Crippen molar-refractivity contribution >= 4 is 24.4 Å². The van der Waals surface area contributed by atoms with Gasteiger partial charge in [0.2, 0.25) is 5.91 Å². The number of hydrogen-bond donors (Lipinski definition) is 0. The van der Waals surface area contributed by atoms with Gasteiger partial charge in [-0.1, -0.05) is 48.5 Å². The van der Waals surface area contributed by atoms with Crippen molar-refractivity contribution in [2.75, 3.05) is 40.4 Å². The maximum atomic E-state index is 13.1. The van der Waals surface area contributed by atoms with Crippen molar-refractivity contribution in [2.24, 2.45) is 0 Å². The number of halogens is 1.